The molecule has 0 amide bonds. The molecular formula is C33H56O3. The molecule has 3 aliphatic rings. The van der Waals surface area contributed by atoms with Crippen molar-refractivity contribution in [3.63, 3.8) is 0 Å². The summed E-state index contributed by atoms with van der Waals surface area (Å²) in [4.78, 5) is 23.3. The summed E-state index contributed by atoms with van der Waals surface area (Å²) in [5.41, 5.74) is 2.92. The summed E-state index contributed by atoms with van der Waals surface area (Å²) in [5, 5.41) is 0. The number of hydrogen-bond donors (Lipinski definition) is 0. The Labute approximate surface area is 223 Å². The lowest BCUT2D eigenvalue weighted by Crippen LogP contribution is -2.36. The molecule has 1 aromatic rings. The second kappa shape index (κ2) is 11.8. The molecule has 0 N–H and O–H groups in total. The highest BCUT2D eigenvalue weighted by Gasteiger charge is 2.64. The maximum atomic E-state index is 11.7. The van der Waals surface area contributed by atoms with Crippen molar-refractivity contribution in [2.45, 2.75) is 115 Å². The largest absolute Gasteiger partial charge is 0.393 e. The van der Waals surface area contributed by atoms with Gasteiger partial charge in [0.2, 0.25) is 0 Å². The summed E-state index contributed by atoms with van der Waals surface area (Å²) >= 11 is 0. The Morgan fingerprint density at radius 2 is 1.06 bits per heavy atom. The Balaban J connectivity index is 0.000000278. The van der Waals surface area contributed by atoms with Crippen LogP contribution in [-0.4, -0.2) is 11.9 Å². The van der Waals surface area contributed by atoms with Gasteiger partial charge in [0.15, 0.2) is 0 Å². The van der Waals surface area contributed by atoms with Gasteiger partial charge in [0, 0.05) is 0 Å². The van der Waals surface area contributed by atoms with Crippen molar-refractivity contribution >= 4 is 11.9 Å². The number of fused-ring (bicyclic) bond motifs is 5. The van der Waals surface area contributed by atoms with Gasteiger partial charge in [-0.2, -0.15) is 0 Å². The SMILES string of the molecule is CC(C)(C)C.CC(C)(C)C.CC(C)(C)C1CC2CC1C1C(=O)OC(=O)C21.CC(C)(C)c1ccccc1. The van der Waals surface area contributed by atoms with Crippen LogP contribution in [0.4, 0.5) is 0 Å². The molecule has 0 spiro atoms. The molecule has 206 valence electrons. The minimum absolute atomic E-state index is 0.101. The van der Waals surface area contributed by atoms with E-state index in [-0.39, 0.29) is 29.2 Å². The first-order valence-electron chi connectivity index (χ1n) is 13.8. The standard InChI is InChI=1S/C13H18O3.C10H14.2C5H12/c1-13(2,3)8-5-6-4-7(8)10-9(6)11(14)16-12(10)15;1-10(2,3)9-7-5-4-6-8-9;2*1-5(2,3)4/h6-10H,4-5H2,1-3H3;4-8H,1-3H3;2*1-4H3. The van der Waals surface area contributed by atoms with Crippen LogP contribution >= 0.6 is 0 Å². The molecule has 1 aromatic carbocycles. The van der Waals surface area contributed by atoms with E-state index in [1.807, 2.05) is 0 Å². The van der Waals surface area contributed by atoms with Crippen molar-refractivity contribution in [3.05, 3.63) is 35.9 Å². The highest BCUT2D eigenvalue weighted by molar-refractivity contribution is 5.97. The van der Waals surface area contributed by atoms with Crippen LogP contribution in [0.25, 0.3) is 0 Å². The normalized spacial score (nSPS) is 27.0. The van der Waals surface area contributed by atoms with Crippen molar-refractivity contribution in [2.75, 3.05) is 0 Å². The average Bonchev–Trinajstić information content (AvgIpc) is 3.32. The fourth-order valence-electron chi connectivity index (χ4n) is 5.19. The molecule has 2 aliphatic carbocycles. The molecule has 3 heteroatoms. The zero-order chi connectivity index (χ0) is 28.3. The molecule has 36 heavy (non-hydrogen) atoms. The third-order valence-electron chi connectivity index (χ3n) is 6.50. The lowest BCUT2D eigenvalue weighted by molar-refractivity contribution is -0.154. The fourth-order valence-corrected chi connectivity index (χ4v) is 5.19. The number of esters is 2. The van der Waals surface area contributed by atoms with E-state index in [0.717, 1.165) is 12.8 Å². The quantitative estimate of drug-likeness (QED) is 0.263. The van der Waals surface area contributed by atoms with E-state index < -0.39 is 0 Å². The van der Waals surface area contributed by atoms with E-state index in [1.165, 1.54) is 5.56 Å². The van der Waals surface area contributed by atoms with Crippen molar-refractivity contribution in [3.8, 4) is 0 Å². The van der Waals surface area contributed by atoms with Crippen molar-refractivity contribution in [1.29, 1.82) is 0 Å². The lowest BCUT2D eigenvalue weighted by Gasteiger charge is -2.37. The maximum absolute atomic E-state index is 11.7. The van der Waals surface area contributed by atoms with Gasteiger partial charge in [-0.1, -0.05) is 127 Å². The third-order valence-corrected chi connectivity index (χ3v) is 6.50. The molecule has 3 fully saturated rings. The van der Waals surface area contributed by atoms with Gasteiger partial charge < -0.3 is 4.74 Å². The number of carbonyl (C=O) groups excluding carboxylic acids is 2. The Kier molecular flexibility index (Phi) is 10.6. The number of rotatable bonds is 0. The van der Waals surface area contributed by atoms with E-state index in [2.05, 4.69) is 127 Å². The summed E-state index contributed by atoms with van der Waals surface area (Å²) in [7, 11) is 0. The molecule has 1 heterocycles. The molecule has 2 bridgehead atoms. The van der Waals surface area contributed by atoms with Crippen molar-refractivity contribution < 1.29 is 14.3 Å². The molecule has 0 radical (unpaired) electrons. The lowest BCUT2D eigenvalue weighted by atomic mass is 9.66. The van der Waals surface area contributed by atoms with E-state index in [0.29, 0.717) is 34.0 Å². The Bertz CT molecular complexity index is 816. The van der Waals surface area contributed by atoms with E-state index >= 15 is 0 Å². The first-order chi connectivity index (χ1) is 16.0. The molecule has 5 unspecified atom stereocenters. The summed E-state index contributed by atoms with van der Waals surface area (Å²) in [6.07, 6.45) is 2.15. The number of hydrogen-bond acceptors (Lipinski definition) is 3. The first-order valence-corrected chi connectivity index (χ1v) is 13.8. The van der Waals surface area contributed by atoms with Crippen molar-refractivity contribution in [2.24, 2.45) is 45.8 Å². The zero-order valence-electron chi connectivity index (χ0n) is 25.9. The van der Waals surface area contributed by atoms with Crippen LogP contribution in [-0.2, 0) is 19.7 Å². The number of carbonyl (C=O) groups is 2. The Morgan fingerprint density at radius 3 is 1.42 bits per heavy atom. The van der Waals surface area contributed by atoms with E-state index in [9.17, 15) is 9.59 Å². The monoisotopic (exact) mass is 500 g/mol. The van der Waals surface area contributed by atoms with Gasteiger partial charge in [0.05, 0.1) is 11.8 Å². The van der Waals surface area contributed by atoms with Gasteiger partial charge in [-0.25, -0.2) is 0 Å². The van der Waals surface area contributed by atoms with E-state index in [4.69, 9.17) is 4.74 Å². The molecule has 1 aliphatic heterocycles. The van der Waals surface area contributed by atoms with Gasteiger partial charge in [0.1, 0.15) is 0 Å². The minimum atomic E-state index is -0.255. The van der Waals surface area contributed by atoms with Crippen LogP contribution in [0, 0.1) is 45.8 Å². The van der Waals surface area contributed by atoms with Crippen molar-refractivity contribution in [1.82, 2.24) is 0 Å². The van der Waals surface area contributed by atoms with Gasteiger partial charge in [0.25, 0.3) is 0 Å². The van der Waals surface area contributed by atoms with Crippen LogP contribution in [0.1, 0.15) is 115 Å². The predicted molar refractivity (Wildman–Crippen MR) is 153 cm³/mol. The number of ether oxygens (including phenoxy) is 1. The van der Waals surface area contributed by atoms with Crippen LogP contribution in [0.5, 0.6) is 0 Å². The first kappa shape index (κ1) is 32.4. The smallest absolute Gasteiger partial charge is 0.317 e. The van der Waals surface area contributed by atoms with Gasteiger partial charge in [-0.3, -0.25) is 9.59 Å². The molecule has 2 saturated carbocycles. The van der Waals surface area contributed by atoms with Gasteiger partial charge >= 0.3 is 11.9 Å². The van der Waals surface area contributed by atoms with Crippen LogP contribution < -0.4 is 0 Å². The average molecular weight is 501 g/mol. The second-order valence-electron chi connectivity index (χ2n) is 16.3. The molecule has 1 saturated heterocycles. The fraction of sp³-hybridized carbons (Fsp3) is 0.758. The highest BCUT2D eigenvalue weighted by Crippen LogP contribution is 2.61. The maximum Gasteiger partial charge on any atom is 0.317 e. The molecule has 5 atom stereocenters. The minimum Gasteiger partial charge on any atom is -0.393 e. The molecule has 3 nitrogen and oxygen atoms in total. The zero-order valence-corrected chi connectivity index (χ0v) is 25.9. The summed E-state index contributed by atoms with van der Waals surface area (Å²) < 4.78 is 4.79. The number of benzene rings is 1. The summed E-state index contributed by atoms with van der Waals surface area (Å²) in [6, 6.07) is 10.6. The summed E-state index contributed by atoms with van der Waals surface area (Å²) in [5.74, 6) is 0.627. The van der Waals surface area contributed by atoms with Crippen LogP contribution in [0.3, 0.4) is 0 Å². The highest BCUT2D eigenvalue weighted by atomic mass is 16.6. The van der Waals surface area contributed by atoms with Gasteiger partial charge in [-0.15, -0.1) is 0 Å². The number of cyclic esters (lactones) is 2. The molecule has 4 rings (SSSR count). The molecular weight excluding hydrogens is 444 g/mol. The Morgan fingerprint density at radius 1 is 0.639 bits per heavy atom. The Hall–Kier alpha value is -1.64. The van der Waals surface area contributed by atoms with Crippen LogP contribution in [0.15, 0.2) is 30.3 Å². The van der Waals surface area contributed by atoms with E-state index in [1.54, 1.807) is 0 Å². The predicted octanol–water partition coefficient (Wildman–Crippen LogP) is 9.09. The third kappa shape index (κ3) is 10.8. The second-order valence-corrected chi connectivity index (χ2v) is 16.3. The van der Waals surface area contributed by atoms with Crippen LogP contribution in [0.2, 0.25) is 0 Å². The summed E-state index contributed by atoms with van der Waals surface area (Å²) in [6.45, 7) is 30.9. The molecule has 0 aromatic heterocycles. The topological polar surface area (TPSA) is 43.4 Å². The van der Waals surface area contributed by atoms with Gasteiger partial charge in [-0.05, 0) is 57.8 Å².